The van der Waals surface area contributed by atoms with E-state index in [0.717, 1.165) is 11.5 Å². The van der Waals surface area contributed by atoms with Gasteiger partial charge in [0.15, 0.2) is 0 Å². The molecule has 3 heteroatoms. The van der Waals surface area contributed by atoms with Gasteiger partial charge in [-0.25, -0.2) is 0 Å². The first-order valence-corrected chi connectivity index (χ1v) is 5.86. The molecule has 0 amide bonds. The Hall–Kier alpha value is -2.10. The van der Waals surface area contributed by atoms with E-state index in [1.807, 2.05) is 60.7 Å². The molecule has 2 aromatic carbocycles. The molecule has 0 saturated carbocycles. The fourth-order valence-electron chi connectivity index (χ4n) is 1.11. The van der Waals surface area contributed by atoms with Crippen molar-refractivity contribution in [1.82, 2.24) is 0 Å². The average molecular weight is 260 g/mol. The Morgan fingerprint density at radius 2 is 1.00 bits per heavy atom. The maximum absolute atomic E-state index is 7.62. The van der Waals surface area contributed by atoms with Crippen LogP contribution in [0.15, 0.2) is 73.8 Å². The van der Waals surface area contributed by atoms with E-state index in [-0.39, 0.29) is 13.2 Å². The van der Waals surface area contributed by atoms with Gasteiger partial charge >= 0.3 is 0 Å². The molecule has 0 fully saturated rings. The quantitative estimate of drug-likeness (QED) is 0.833. The second-order valence-electron chi connectivity index (χ2n) is 3.18. The van der Waals surface area contributed by atoms with Gasteiger partial charge < -0.3 is 14.9 Å². The maximum Gasteiger partial charge on any atom is 0.127 e. The van der Waals surface area contributed by atoms with Crippen LogP contribution in [0.1, 0.15) is 0 Å². The Bertz CT molecular complexity index is 361. The van der Waals surface area contributed by atoms with Crippen molar-refractivity contribution < 1.29 is 14.9 Å². The van der Waals surface area contributed by atoms with Crippen LogP contribution in [0.4, 0.5) is 0 Å². The number of para-hydroxylation sites is 2. The zero-order valence-electron chi connectivity index (χ0n) is 10.9. The lowest BCUT2D eigenvalue weighted by molar-refractivity contribution is 0.186. The van der Waals surface area contributed by atoms with Crippen LogP contribution in [-0.2, 0) is 0 Å². The minimum absolute atomic E-state index is 0.125. The summed E-state index contributed by atoms with van der Waals surface area (Å²) in [5, 5.41) is 15.2. The van der Waals surface area contributed by atoms with E-state index in [4.69, 9.17) is 14.9 Å². The molecule has 102 valence electrons. The summed E-state index contributed by atoms with van der Waals surface area (Å²) < 4.78 is 5.58. The normalized spacial score (nSPS) is 8.32. The fraction of sp³-hybridized carbons (Fsp3) is 0.125. The molecule has 0 aliphatic rings. The van der Waals surface area contributed by atoms with Crippen LogP contribution in [0.5, 0.6) is 11.5 Å². The molecule has 0 aliphatic heterocycles. The topological polar surface area (TPSA) is 49.7 Å². The van der Waals surface area contributed by atoms with Crippen molar-refractivity contribution in [3.63, 3.8) is 0 Å². The molecular weight excluding hydrogens is 240 g/mol. The number of aliphatic hydroxyl groups excluding tert-OH is 2. The molecule has 2 rings (SSSR count). The second kappa shape index (κ2) is 12.4. The van der Waals surface area contributed by atoms with Crippen molar-refractivity contribution in [2.45, 2.75) is 0 Å². The summed E-state index contributed by atoms with van der Waals surface area (Å²) in [7, 11) is 0. The maximum atomic E-state index is 7.62. The lowest BCUT2D eigenvalue weighted by Crippen LogP contribution is -1.85. The number of benzene rings is 2. The summed E-state index contributed by atoms with van der Waals surface area (Å²) in [5.74, 6) is 1.74. The Morgan fingerprint density at radius 1 is 0.684 bits per heavy atom. The number of aliphatic hydroxyl groups is 2. The van der Waals surface area contributed by atoms with Gasteiger partial charge in [-0.15, -0.1) is 13.2 Å². The highest BCUT2D eigenvalue weighted by molar-refractivity contribution is 5.30. The van der Waals surface area contributed by atoms with Crippen molar-refractivity contribution in [3.05, 3.63) is 73.8 Å². The number of hydrogen-bond acceptors (Lipinski definition) is 3. The molecule has 0 spiro atoms. The van der Waals surface area contributed by atoms with Crippen LogP contribution < -0.4 is 4.74 Å². The predicted molar refractivity (Wildman–Crippen MR) is 78.4 cm³/mol. The molecule has 0 bridgehead atoms. The standard InChI is InChI=1S/C12H10O.C2H6O2.C2H4/c1-3-7-11(8-4-1)13-12-9-5-2-6-10-12;3-1-2-4;1-2/h1-10H;3-4H,1-2H2;1-2H2. The van der Waals surface area contributed by atoms with Gasteiger partial charge in [0, 0.05) is 0 Å². The number of hydrogen-bond donors (Lipinski definition) is 2. The van der Waals surface area contributed by atoms with Crippen LogP contribution in [0.2, 0.25) is 0 Å². The monoisotopic (exact) mass is 260 g/mol. The zero-order chi connectivity index (χ0) is 14.3. The highest BCUT2D eigenvalue weighted by atomic mass is 16.5. The van der Waals surface area contributed by atoms with E-state index in [0.29, 0.717) is 0 Å². The van der Waals surface area contributed by atoms with Crippen molar-refractivity contribution in [2.24, 2.45) is 0 Å². The van der Waals surface area contributed by atoms with Crippen LogP contribution >= 0.6 is 0 Å². The van der Waals surface area contributed by atoms with E-state index in [1.54, 1.807) is 0 Å². The Kier molecular flexibility index (Phi) is 11.0. The van der Waals surface area contributed by atoms with Gasteiger partial charge in [0.25, 0.3) is 0 Å². The largest absolute Gasteiger partial charge is 0.457 e. The fourth-order valence-corrected chi connectivity index (χ4v) is 1.11. The summed E-state index contributed by atoms with van der Waals surface area (Å²) in [6, 6.07) is 19.5. The number of rotatable bonds is 3. The van der Waals surface area contributed by atoms with E-state index >= 15 is 0 Å². The minimum Gasteiger partial charge on any atom is -0.457 e. The summed E-state index contributed by atoms with van der Waals surface area (Å²) in [6.07, 6.45) is 0. The lowest BCUT2D eigenvalue weighted by Gasteiger charge is -2.03. The summed E-state index contributed by atoms with van der Waals surface area (Å²) >= 11 is 0. The van der Waals surface area contributed by atoms with Gasteiger partial charge in [0.2, 0.25) is 0 Å². The van der Waals surface area contributed by atoms with Gasteiger partial charge in [-0.1, -0.05) is 36.4 Å². The first-order valence-electron chi connectivity index (χ1n) is 5.86. The van der Waals surface area contributed by atoms with Crippen molar-refractivity contribution in [1.29, 1.82) is 0 Å². The molecule has 0 aliphatic carbocycles. The average Bonchev–Trinajstić information content (AvgIpc) is 2.52. The van der Waals surface area contributed by atoms with Crippen LogP contribution in [0.3, 0.4) is 0 Å². The predicted octanol–water partition coefficient (Wildman–Crippen LogP) is 3.25. The van der Waals surface area contributed by atoms with E-state index < -0.39 is 0 Å². The molecule has 0 radical (unpaired) electrons. The molecule has 0 atom stereocenters. The molecule has 3 nitrogen and oxygen atoms in total. The third kappa shape index (κ3) is 8.60. The van der Waals surface area contributed by atoms with E-state index in [9.17, 15) is 0 Å². The van der Waals surface area contributed by atoms with Crippen LogP contribution in [0, 0.1) is 0 Å². The van der Waals surface area contributed by atoms with Crippen molar-refractivity contribution >= 4 is 0 Å². The van der Waals surface area contributed by atoms with E-state index in [1.165, 1.54) is 0 Å². The Labute approximate surface area is 114 Å². The van der Waals surface area contributed by atoms with Crippen LogP contribution in [-0.4, -0.2) is 23.4 Å². The first-order chi connectivity index (χ1) is 9.36. The smallest absolute Gasteiger partial charge is 0.127 e. The van der Waals surface area contributed by atoms with Gasteiger partial charge in [0.05, 0.1) is 13.2 Å². The van der Waals surface area contributed by atoms with Crippen molar-refractivity contribution in [2.75, 3.05) is 13.2 Å². The van der Waals surface area contributed by atoms with E-state index in [2.05, 4.69) is 13.2 Å². The zero-order valence-corrected chi connectivity index (χ0v) is 10.9. The molecule has 0 heterocycles. The molecule has 0 aromatic heterocycles. The first kappa shape index (κ1) is 16.9. The Morgan fingerprint density at radius 3 is 1.26 bits per heavy atom. The molecule has 0 unspecified atom stereocenters. The number of ether oxygens (including phenoxy) is 1. The van der Waals surface area contributed by atoms with Gasteiger partial charge in [-0.3, -0.25) is 0 Å². The Balaban J connectivity index is 0.000000467. The molecule has 2 N–H and O–H groups in total. The summed E-state index contributed by atoms with van der Waals surface area (Å²) in [4.78, 5) is 0. The van der Waals surface area contributed by atoms with Gasteiger partial charge in [-0.05, 0) is 24.3 Å². The summed E-state index contributed by atoms with van der Waals surface area (Å²) in [6.45, 7) is 5.75. The third-order valence-electron chi connectivity index (χ3n) is 1.82. The third-order valence-corrected chi connectivity index (χ3v) is 1.82. The minimum atomic E-state index is -0.125. The highest BCUT2D eigenvalue weighted by Gasteiger charge is 1.92. The molecule has 19 heavy (non-hydrogen) atoms. The van der Waals surface area contributed by atoms with Gasteiger partial charge in [-0.2, -0.15) is 0 Å². The lowest BCUT2D eigenvalue weighted by atomic mass is 10.3. The summed E-state index contributed by atoms with van der Waals surface area (Å²) in [5.41, 5.74) is 0. The molecule has 2 aromatic rings. The second-order valence-corrected chi connectivity index (χ2v) is 3.18. The van der Waals surface area contributed by atoms with Crippen molar-refractivity contribution in [3.8, 4) is 11.5 Å². The van der Waals surface area contributed by atoms with Crippen LogP contribution in [0.25, 0.3) is 0 Å². The SMILES string of the molecule is C=C.OCCO.c1ccc(Oc2ccccc2)cc1. The van der Waals surface area contributed by atoms with Gasteiger partial charge in [0.1, 0.15) is 11.5 Å². The molecular formula is C16H20O3. The highest BCUT2D eigenvalue weighted by Crippen LogP contribution is 2.19. The molecule has 0 saturated heterocycles.